The molecule has 0 bridgehead atoms. The first-order valence-electron chi connectivity index (χ1n) is 8.88. The molecule has 1 saturated heterocycles. The molecular weight excluding hydrogens is 383 g/mol. The molecule has 4 rings (SSSR count). The maximum Gasteiger partial charge on any atom is 0.168 e. The Morgan fingerprint density at radius 1 is 1.26 bits per heavy atom. The summed E-state index contributed by atoms with van der Waals surface area (Å²) >= 11 is 0. The van der Waals surface area contributed by atoms with Crippen LogP contribution in [0.2, 0.25) is 0 Å². The maximum atomic E-state index is 6.00. The minimum atomic E-state index is 0. The van der Waals surface area contributed by atoms with E-state index in [0.717, 1.165) is 18.3 Å². The van der Waals surface area contributed by atoms with E-state index in [1.54, 1.807) is 6.26 Å². The number of benzene rings is 1. The average Bonchev–Trinajstić information content (AvgIpc) is 3.34. The van der Waals surface area contributed by atoms with Gasteiger partial charge in [0, 0.05) is 29.7 Å². The molecule has 1 aromatic carbocycles. The Bertz CT molecular complexity index is 889. The van der Waals surface area contributed by atoms with Crippen LogP contribution < -0.4 is 5.73 Å². The topological polar surface area (TPSA) is 59.7 Å². The van der Waals surface area contributed by atoms with Crippen LogP contribution in [0, 0.1) is 0 Å². The Kier molecular flexibility index (Phi) is 7.36. The molecule has 146 valence electrons. The van der Waals surface area contributed by atoms with Crippen molar-refractivity contribution in [3.63, 3.8) is 0 Å². The molecule has 1 fully saturated rings. The van der Waals surface area contributed by atoms with Crippen LogP contribution in [0.5, 0.6) is 0 Å². The van der Waals surface area contributed by atoms with E-state index in [1.807, 2.05) is 18.2 Å². The number of hydrogen-bond donors (Lipinski definition) is 1. The van der Waals surface area contributed by atoms with Gasteiger partial charge in [-0.25, -0.2) is 4.99 Å². The van der Waals surface area contributed by atoms with Crippen LogP contribution in [0.25, 0.3) is 10.9 Å². The summed E-state index contributed by atoms with van der Waals surface area (Å²) in [5.74, 6) is 0.992. The lowest BCUT2D eigenvalue weighted by molar-refractivity contribution is 0.287. The number of halogens is 2. The summed E-state index contributed by atoms with van der Waals surface area (Å²) in [6.07, 6.45) is 7.62. The lowest BCUT2D eigenvalue weighted by atomic mass is 10.1. The third-order valence-corrected chi connectivity index (χ3v) is 5.15. The van der Waals surface area contributed by atoms with Crippen LogP contribution in [-0.4, -0.2) is 34.9 Å². The van der Waals surface area contributed by atoms with Crippen LogP contribution in [0.3, 0.4) is 0 Å². The van der Waals surface area contributed by atoms with Crippen molar-refractivity contribution >= 4 is 47.2 Å². The van der Waals surface area contributed by atoms with E-state index in [4.69, 9.17) is 10.2 Å². The fourth-order valence-corrected chi connectivity index (χ4v) is 3.70. The second-order valence-corrected chi connectivity index (χ2v) is 6.79. The first-order valence-corrected chi connectivity index (χ1v) is 8.88. The van der Waals surface area contributed by atoms with Gasteiger partial charge >= 0.3 is 0 Å². The highest BCUT2D eigenvalue weighted by Gasteiger charge is 2.20. The van der Waals surface area contributed by atoms with Crippen LogP contribution in [0.1, 0.15) is 25.0 Å². The summed E-state index contributed by atoms with van der Waals surface area (Å²) in [4.78, 5) is 6.95. The predicted molar refractivity (Wildman–Crippen MR) is 116 cm³/mol. The lowest BCUT2D eigenvalue weighted by Crippen LogP contribution is -2.25. The summed E-state index contributed by atoms with van der Waals surface area (Å²) in [5, 5.41) is 1.19. The van der Waals surface area contributed by atoms with Crippen molar-refractivity contribution in [3.8, 4) is 0 Å². The molecule has 5 nitrogen and oxygen atoms in total. The molecule has 0 amide bonds. The molecule has 1 unspecified atom stereocenters. The van der Waals surface area contributed by atoms with Crippen LogP contribution in [0.4, 0.5) is 5.69 Å². The Morgan fingerprint density at radius 2 is 2.11 bits per heavy atom. The zero-order valence-corrected chi connectivity index (χ0v) is 17.0. The lowest BCUT2D eigenvalue weighted by Gasteiger charge is -2.19. The van der Waals surface area contributed by atoms with Crippen molar-refractivity contribution in [1.82, 2.24) is 9.47 Å². The molecule has 2 N–H and O–H groups in total. The maximum absolute atomic E-state index is 6.00. The quantitative estimate of drug-likeness (QED) is 0.495. The van der Waals surface area contributed by atoms with Gasteiger partial charge in [-0.05, 0) is 69.3 Å². The minimum Gasteiger partial charge on any atom is -0.461 e. The summed E-state index contributed by atoms with van der Waals surface area (Å²) in [7, 11) is 2.24. The smallest absolute Gasteiger partial charge is 0.168 e. The Labute approximate surface area is 172 Å². The summed E-state index contributed by atoms with van der Waals surface area (Å²) in [6.45, 7) is 2.28. The molecule has 3 aromatic rings. The van der Waals surface area contributed by atoms with Crippen LogP contribution in [0.15, 0.2) is 58.3 Å². The van der Waals surface area contributed by atoms with Crippen molar-refractivity contribution in [2.24, 2.45) is 10.7 Å². The monoisotopic (exact) mass is 408 g/mol. The average molecular weight is 409 g/mol. The van der Waals surface area contributed by atoms with E-state index in [0.29, 0.717) is 11.6 Å². The normalized spacial score (nSPS) is 17.7. The molecule has 0 aliphatic carbocycles. The van der Waals surface area contributed by atoms with Gasteiger partial charge in [-0.1, -0.05) is 0 Å². The highest BCUT2D eigenvalue weighted by Crippen LogP contribution is 2.25. The van der Waals surface area contributed by atoms with E-state index in [9.17, 15) is 0 Å². The summed E-state index contributed by atoms with van der Waals surface area (Å²) < 4.78 is 7.62. The molecule has 2 aromatic heterocycles. The molecule has 0 spiro atoms. The minimum absolute atomic E-state index is 0. The van der Waals surface area contributed by atoms with Gasteiger partial charge in [0.1, 0.15) is 0 Å². The van der Waals surface area contributed by atoms with Gasteiger partial charge < -0.3 is 19.6 Å². The van der Waals surface area contributed by atoms with E-state index in [2.05, 4.69) is 45.9 Å². The number of fused-ring (bicyclic) bond motifs is 1. The summed E-state index contributed by atoms with van der Waals surface area (Å²) in [5.41, 5.74) is 8.09. The molecule has 1 aliphatic heterocycles. The number of aromatic nitrogens is 1. The molecule has 27 heavy (non-hydrogen) atoms. The number of nitrogens with two attached hydrogens (primary N) is 1. The number of likely N-dealkylation sites (tertiary alicyclic amines) is 1. The Morgan fingerprint density at radius 3 is 2.81 bits per heavy atom. The first kappa shape index (κ1) is 21.4. The molecule has 1 aliphatic rings. The first-order chi connectivity index (χ1) is 12.2. The third-order valence-electron chi connectivity index (χ3n) is 5.15. The van der Waals surface area contributed by atoms with Gasteiger partial charge in [-0.15, -0.1) is 24.8 Å². The molecule has 1 atom stereocenters. The predicted octanol–water partition coefficient (Wildman–Crippen LogP) is 4.60. The highest BCUT2D eigenvalue weighted by atomic mass is 35.5. The van der Waals surface area contributed by atoms with E-state index < -0.39 is 0 Å². The van der Waals surface area contributed by atoms with Gasteiger partial charge in [0.25, 0.3) is 0 Å². The molecule has 7 heteroatoms. The van der Waals surface area contributed by atoms with Crippen molar-refractivity contribution in [3.05, 3.63) is 54.6 Å². The summed E-state index contributed by atoms with van der Waals surface area (Å²) in [6, 6.07) is 12.7. The van der Waals surface area contributed by atoms with Crippen LogP contribution >= 0.6 is 24.8 Å². The number of amidine groups is 1. The van der Waals surface area contributed by atoms with E-state index >= 15 is 0 Å². The standard InChI is InChI=1S/C20H24N4O.2ClH/c1-23-10-2-4-17(23)9-12-24-11-8-15-14-16(6-7-18(15)24)22-20(21)19-5-3-13-25-19;;/h3,5-8,11,13-14,17H,2,4,9-10,12H2,1H3,(H2,21,22);2*1H. The second kappa shape index (κ2) is 9.31. The fourth-order valence-electron chi connectivity index (χ4n) is 3.70. The largest absolute Gasteiger partial charge is 0.461 e. The van der Waals surface area contributed by atoms with Gasteiger partial charge in [-0.3, -0.25) is 0 Å². The molecular formula is C20H26Cl2N4O. The molecule has 3 heterocycles. The Balaban J connectivity index is 0.00000131. The number of rotatable bonds is 5. The second-order valence-electron chi connectivity index (χ2n) is 6.79. The van der Waals surface area contributed by atoms with Crippen molar-refractivity contribution < 1.29 is 4.42 Å². The number of furan rings is 1. The zero-order chi connectivity index (χ0) is 17.2. The number of nitrogens with zero attached hydrogens (tertiary/aromatic N) is 3. The van der Waals surface area contributed by atoms with Crippen molar-refractivity contribution in [2.45, 2.75) is 31.8 Å². The highest BCUT2D eigenvalue weighted by molar-refractivity contribution is 5.97. The van der Waals surface area contributed by atoms with Gasteiger partial charge in [-0.2, -0.15) is 0 Å². The van der Waals surface area contributed by atoms with Crippen molar-refractivity contribution in [2.75, 3.05) is 13.6 Å². The van der Waals surface area contributed by atoms with Gasteiger partial charge in [0.2, 0.25) is 0 Å². The van der Waals surface area contributed by atoms with E-state index in [1.165, 1.54) is 36.7 Å². The van der Waals surface area contributed by atoms with Gasteiger partial charge in [0.15, 0.2) is 11.6 Å². The third kappa shape index (κ3) is 4.67. The number of aryl methyl sites for hydroxylation is 1. The number of hydrogen-bond acceptors (Lipinski definition) is 3. The zero-order valence-electron chi connectivity index (χ0n) is 15.4. The van der Waals surface area contributed by atoms with Crippen molar-refractivity contribution in [1.29, 1.82) is 0 Å². The van der Waals surface area contributed by atoms with Gasteiger partial charge in [0.05, 0.1) is 12.0 Å². The Hall–Kier alpha value is -1.95. The molecule has 0 radical (unpaired) electrons. The fraction of sp³-hybridized carbons (Fsp3) is 0.350. The molecule has 0 saturated carbocycles. The number of aliphatic imine (C=N–C) groups is 1. The SMILES string of the molecule is CN1CCCC1CCn1ccc2cc(N=C(N)c3ccco3)ccc21.Cl.Cl. The van der Waals surface area contributed by atoms with E-state index in [-0.39, 0.29) is 24.8 Å². The van der Waals surface area contributed by atoms with Crippen LogP contribution in [-0.2, 0) is 6.54 Å².